The standard InChI is InChI=1S/C15H18N2O2/c1-18-12-5-3-11(4-6-12)14(9-16)15-8-7-13(19-2)10-17-15/h3-8,10,14H,9,16H2,1-2H3/t14-/m1/s1. The van der Waals surface area contributed by atoms with Crippen molar-refractivity contribution in [2.24, 2.45) is 5.73 Å². The Morgan fingerprint density at radius 1 is 1.00 bits per heavy atom. The lowest BCUT2D eigenvalue weighted by atomic mass is 9.95. The molecule has 0 spiro atoms. The first kappa shape index (κ1) is 13.4. The summed E-state index contributed by atoms with van der Waals surface area (Å²) in [5.74, 6) is 1.66. The fourth-order valence-corrected chi connectivity index (χ4v) is 1.98. The molecule has 1 heterocycles. The Balaban J connectivity index is 2.26. The summed E-state index contributed by atoms with van der Waals surface area (Å²) in [6.45, 7) is 0.506. The molecular weight excluding hydrogens is 240 g/mol. The maximum absolute atomic E-state index is 5.88. The van der Waals surface area contributed by atoms with Gasteiger partial charge in [-0.2, -0.15) is 0 Å². The summed E-state index contributed by atoms with van der Waals surface area (Å²) in [5.41, 5.74) is 7.94. The average molecular weight is 258 g/mol. The second-order valence-corrected chi connectivity index (χ2v) is 4.18. The number of benzene rings is 1. The van der Waals surface area contributed by atoms with Crippen LogP contribution >= 0.6 is 0 Å². The predicted octanol–water partition coefficient (Wildman–Crippen LogP) is 2.19. The van der Waals surface area contributed by atoms with Gasteiger partial charge in [0, 0.05) is 18.2 Å². The number of ether oxygens (including phenoxy) is 2. The number of nitrogens with zero attached hydrogens (tertiary/aromatic N) is 1. The molecule has 1 aromatic heterocycles. The molecule has 2 aromatic rings. The number of nitrogens with two attached hydrogens (primary N) is 1. The molecular formula is C15H18N2O2. The summed E-state index contributed by atoms with van der Waals surface area (Å²) in [7, 11) is 3.28. The molecule has 4 nitrogen and oxygen atoms in total. The lowest BCUT2D eigenvalue weighted by Gasteiger charge is -2.15. The molecule has 1 atom stereocenters. The number of aromatic nitrogens is 1. The Labute approximate surface area is 113 Å². The molecule has 0 aliphatic carbocycles. The topological polar surface area (TPSA) is 57.4 Å². The average Bonchev–Trinajstić information content (AvgIpc) is 2.49. The number of hydrogen-bond acceptors (Lipinski definition) is 4. The molecule has 0 radical (unpaired) electrons. The van der Waals surface area contributed by atoms with Gasteiger partial charge in [0.25, 0.3) is 0 Å². The number of methoxy groups -OCH3 is 2. The van der Waals surface area contributed by atoms with Crippen LogP contribution in [0.4, 0.5) is 0 Å². The maximum atomic E-state index is 5.88. The third kappa shape index (κ3) is 3.03. The Morgan fingerprint density at radius 3 is 2.11 bits per heavy atom. The monoisotopic (exact) mass is 258 g/mol. The van der Waals surface area contributed by atoms with Crippen LogP contribution in [0.5, 0.6) is 11.5 Å². The van der Waals surface area contributed by atoms with Crippen molar-refractivity contribution < 1.29 is 9.47 Å². The summed E-state index contributed by atoms with van der Waals surface area (Å²) in [6, 6.07) is 11.7. The Hall–Kier alpha value is -2.07. The van der Waals surface area contributed by atoms with Crippen LogP contribution in [0.1, 0.15) is 17.2 Å². The highest BCUT2D eigenvalue weighted by atomic mass is 16.5. The summed E-state index contributed by atoms with van der Waals surface area (Å²) in [4.78, 5) is 4.40. The van der Waals surface area contributed by atoms with Gasteiger partial charge < -0.3 is 15.2 Å². The van der Waals surface area contributed by atoms with E-state index in [9.17, 15) is 0 Å². The van der Waals surface area contributed by atoms with Crippen LogP contribution in [0.25, 0.3) is 0 Å². The van der Waals surface area contributed by atoms with Crippen LogP contribution in [-0.2, 0) is 0 Å². The summed E-state index contributed by atoms with van der Waals surface area (Å²) < 4.78 is 10.3. The largest absolute Gasteiger partial charge is 0.497 e. The molecule has 0 amide bonds. The van der Waals surface area contributed by atoms with Crippen molar-refractivity contribution in [1.29, 1.82) is 0 Å². The van der Waals surface area contributed by atoms with E-state index in [0.717, 1.165) is 22.8 Å². The highest BCUT2D eigenvalue weighted by Gasteiger charge is 2.14. The van der Waals surface area contributed by atoms with Gasteiger partial charge in [-0.25, -0.2) is 0 Å². The second-order valence-electron chi connectivity index (χ2n) is 4.18. The number of hydrogen-bond donors (Lipinski definition) is 1. The molecule has 0 saturated carbocycles. The molecule has 19 heavy (non-hydrogen) atoms. The molecule has 0 fully saturated rings. The summed E-state index contributed by atoms with van der Waals surface area (Å²) >= 11 is 0. The number of pyridine rings is 1. The predicted molar refractivity (Wildman–Crippen MR) is 74.7 cm³/mol. The fraction of sp³-hybridized carbons (Fsp3) is 0.267. The molecule has 100 valence electrons. The van der Waals surface area contributed by atoms with Crippen LogP contribution in [0.3, 0.4) is 0 Å². The fourth-order valence-electron chi connectivity index (χ4n) is 1.98. The van der Waals surface area contributed by atoms with E-state index >= 15 is 0 Å². The van der Waals surface area contributed by atoms with Gasteiger partial charge in [-0.15, -0.1) is 0 Å². The Bertz CT molecular complexity index is 461. The summed E-state index contributed by atoms with van der Waals surface area (Å²) in [5, 5.41) is 0. The smallest absolute Gasteiger partial charge is 0.137 e. The van der Waals surface area contributed by atoms with E-state index in [1.807, 2.05) is 36.4 Å². The first-order valence-electron chi connectivity index (χ1n) is 6.12. The number of rotatable bonds is 5. The Kier molecular flexibility index (Phi) is 4.36. The molecule has 0 aliphatic rings. The molecule has 0 aliphatic heterocycles. The van der Waals surface area contributed by atoms with Crippen molar-refractivity contribution in [3.05, 3.63) is 53.9 Å². The van der Waals surface area contributed by atoms with Gasteiger partial charge in [-0.3, -0.25) is 4.98 Å². The van der Waals surface area contributed by atoms with E-state index in [1.54, 1.807) is 20.4 Å². The van der Waals surface area contributed by atoms with Crippen molar-refractivity contribution in [2.45, 2.75) is 5.92 Å². The second kappa shape index (κ2) is 6.20. The van der Waals surface area contributed by atoms with Gasteiger partial charge in [0.1, 0.15) is 11.5 Å². The van der Waals surface area contributed by atoms with E-state index in [2.05, 4.69) is 4.98 Å². The van der Waals surface area contributed by atoms with E-state index in [-0.39, 0.29) is 5.92 Å². The highest BCUT2D eigenvalue weighted by molar-refractivity contribution is 5.35. The SMILES string of the molecule is COc1ccc([C@@H](CN)c2ccc(OC)cn2)cc1. The normalized spacial score (nSPS) is 11.9. The van der Waals surface area contributed by atoms with Crippen LogP contribution in [0.15, 0.2) is 42.6 Å². The third-order valence-electron chi connectivity index (χ3n) is 3.11. The lowest BCUT2D eigenvalue weighted by molar-refractivity contribution is 0.412. The van der Waals surface area contributed by atoms with Gasteiger partial charge in [0.15, 0.2) is 0 Å². The highest BCUT2D eigenvalue weighted by Crippen LogP contribution is 2.25. The van der Waals surface area contributed by atoms with Crippen molar-refractivity contribution in [3.63, 3.8) is 0 Å². The lowest BCUT2D eigenvalue weighted by Crippen LogP contribution is -2.15. The van der Waals surface area contributed by atoms with Gasteiger partial charge in [0.05, 0.1) is 20.4 Å². The zero-order chi connectivity index (χ0) is 13.7. The van der Waals surface area contributed by atoms with Crippen LogP contribution in [0.2, 0.25) is 0 Å². The van der Waals surface area contributed by atoms with Gasteiger partial charge >= 0.3 is 0 Å². The van der Waals surface area contributed by atoms with Gasteiger partial charge in [-0.05, 0) is 29.8 Å². The van der Waals surface area contributed by atoms with Gasteiger partial charge in [-0.1, -0.05) is 12.1 Å². The quantitative estimate of drug-likeness (QED) is 0.893. The van der Waals surface area contributed by atoms with Crippen molar-refractivity contribution in [1.82, 2.24) is 4.98 Å². The first-order chi connectivity index (χ1) is 9.28. The van der Waals surface area contributed by atoms with Crippen molar-refractivity contribution in [3.8, 4) is 11.5 Å². The van der Waals surface area contributed by atoms with Crippen molar-refractivity contribution in [2.75, 3.05) is 20.8 Å². The minimum absolute atomic E-state index is 0.0804. The van der Waals surface area contributed by atoms with E-state index < -0.39 is 0 Å². The molecule has 1 aromatic carbocycles. The van der Waals surface area contributed by atoms with E-state index in [0.29, 0.717) is 6.54 Å². The molecule has 0 unspecified atom stereocenters. The van der Waals surface area contributed by atoms with Crippen LogP contribution in [0, 0.1) is 0 Å². The summed E-state index contributed by atoms with van der Waals surface area (Å²) in [6.07, 6.45) is 1.71. The van der Waals surface area contributed by atoms with Gasteiger partial charge in [0.2, 0.25) is 0 Å². The van der Waals surface area contributed by atoms with E-state index in [1.165, 1.54) is 0 Å². The molecule has 2 rings (SSSR count). The van der Waals surface area contributed by atoms with E-state index in [4.69, 9.17) is 15.2 Å². The molecule has 2 N–H and O–H groups in total. The van der Waals surface area contributed by atoms with Crippen molar-refractivity contribution >= 4 is 0 Å². The zero-order valence-corrected chi connectivity index (χ0v) is 11.2. The first-order valence-corrected chi connectivity index (χ1v) is 6.12. The Morgan fingerprint density at radius 2 is 1.63 bits per heavy atom. The molecule has 4 heteroatoms. The minimum Gasteiger partial charge on any atom is -0.497 e. The zero-order valence-electron chi connectivity index (χ0n) is 11.2. The maximum Gasteiger partial charge on any atom is 0.137 e. The van der Waals surface area contributed by atoms with Crippen LogP contribution in [-0.4, -0.2) is 25.7 Å². The third-order valence-corrected chi connectivity index (χ3v) is 3.11. The molecule has 0 bridgehead atoms. The van der Waals surface area contributed by atoms with Crippen LogP contribution < -0.4 is 15.2 Å². The minimum atomic E-state index is 0.0804. The molecule has 0 saturated heterocycles.